The van der Waals surface area contributed by atoms with Crippen molar-refractivity contribution >= 4 is 57.6 Å². The molecule has 0 aliphatic heterocycles. The fourth-order valence-electron chi connectivity index (χ4n) is 2.49. The summed E-state index contributed by atoms with van der Waals surface area (Å²) in [6, 6.07) is 15.3. The maximum atomic E-state index is 6.03. The third kappa shape index (κ3) is 2.83. The molecule has 0 aliphatic carbocycles. The van der Waals surface area contributed by atoms with Gasteiger partial charge in [-0.05, 0) is 37.3 Å². The minimum Gasteiger partial charge on any atom is -0.450 e. The SMILES string of the molecule is Cc1nc(Nc2cccc(Cl)c2)c2oc3ccccc3c2n1.Cl. The van der Waals surface area contributed by atoms with E-state index in [-0.39, 0.29) is 12.4 Å². The normalized spacial score (nSPS) is 10.7. The Hall–Kier alpha value is -2.30. The molecule has 0 bridgehead atoms. The molecule has 0 aliphatic rings. The number of aryl methyl sites for hydroxylation is 1. The molecule has 0 fully saturated rings. The van der Waals surface area contributed by atoms with E-state index in [1.54, 1.807) is 0 Å². The largest absolute Gasteiger partial charge is 0.450 e. The molecule has 0 amide bonds. The molecule has 4 aromatic rings. The van der Waals surface area contributed by atoms with Gasteiger partial charge in [-0.2, -0.15) is 0 Å². The van der Waals surface area contributed by atoms with E-state index < -0.39 is 0 Å². The van der Waals surface area contributed by atoms with Crippen LogP contribution in [0.3, 0.4) is 0 Å². The molecule has 0 saturated carbocycles. The van der Waals surface area contributed by atoms with Gasteiger partial charge in [-0.3, -0.25) is 0 Å². The van der Waals surface area contributed by atoms with E-state index in [0.717, 1.165) is 22.2 Å². The number of para-hydroxylation sites is 1. The van der Waals surface area contributed by atoms with E-state index in [2.05, 4.69) is 15.3 Å². The van der Waals surface area contributed by atoms with Crippen molar-refractivity contribution < 1.29 is 4.42 Å². The Morgan fingerprint density at radius 1 is 1.04 bits per heavy atom. The van der Waals surface area contributed by atoms with Crippen molar-refractivity contribution in [2.45, 2.75) is 6.92 Å². The second-order valence-electron chi connectivity index (χ2n) is 5.03. The predicted molar refractivity (Wildman–Crippen MR) is 96.0 cm³/mol. The minimum absolute atomic E-state index is 0. The molecule has 2 heterocycles. The highest BCUT2D eigenvalue weighted by Gasteiger charge is 2.14. The molecule has 0 atom stereocenters. The number of aromatic nitrogens is 2. The number of hydrogen-bond acceptors (Lipinski definition) is 4. The minimum atomic E-state index is 0. The first-order valence-corrected chi connectivity index (χ1v) is 7.27. The van der Waals surface area contributed by atoms with Gasteiger partial charge in [0.25, 0.3) is 0 Å². The number of nitrogens with one attached hydrogen (secondary N) is 1. The average Bonchev–Trinajstić information content (AvgIpc) is 2.86. The van der Waals surface area contributed by atoms with E-state index in [9.17, 15) is 0 Å². The molecule has 4 rings (SSSR count). The highest BCUT2D eigenvalue weighted by Crippen LogP contribution is 2.32. The standard InChI is InChI=1S/C17H12ClN3O.ClH/c1-10-19-15-13-7-2-3-8-14(13)22-16(15)17(20-10)21-12-6-4-5-11(18)9-12;/h2-9H,1H3,(H,19,20,21);1H. The lowest BCUT2D eigenvalue weighted by molar-refractivity contribution is 0.666. The summed E-state index contributed by atoms with van der Waals surface area (Å²) in [5.74, 6) is 1.32. The van der Waals surface area contributed by atoms with Gasteiger partial charge in [0, 0.05) is 16.1 Å². The van der Waals surface area contributed by atoms with Crippen LogP contribution in [0.5, 0.6) is 0 Å². The van der Waals surface area contributed by atoms with Crippen LogP contribution in [0.25, 0.3) is 22.1 Å². The summed E-state index contributed by atoms with van der Waals surface area (Å²) in [5.41, 5.74) is 3.11. The van der Waals surface area contributed by atoms with E-state index >= 15 is 0 Å². The van der Waals surface area contributed by atoms with Gasteiger partial charge in [-0.15, -0.1) is 12.4 Å². The van der Waals surface area contributed by atoms with E-state index in [0.29, 0.717) is 22.2 Å². The van der Waals surface area contributed by atoms with Gasteiger partial charge in [0.15, 0.2) is 11.4 Å². The van der Waals surface area contributed by atoms with Crippen LogP contribution in [0.4, 0.5) is 11.5 Å². The molecule has 0 radical (unpaired) electrons. The third-order valence-corrected chi connectivity index (χ3v) is 3.65. The van der Waals surface area contributed by atoms with E-state index in [1.165, 1.54) is 0 Å². The number of hydrogen-bond donors (Lipinski definition) is 1. The van der Waals surface area contributed by atoms with Crippen molar-refractivity contribution in [1.29, 1.82) is 0 Å². The maximum Gasteiger partial charge on any atom is 0.196 e. The third-order valence-electron chi connectivity index (χ3n) is 3.42. The lowest BCUT2D eigenvalue weighted by Crippen LogP contribution is -1.97. The van der Waals surface area contributed by atoms with Crippen molar-refractivity contribution in [1.82, 2.24) is 9.97 Å². The quantitative estimate of drug-likeness (QED) is 0.520. The molecular weight excluding hydrogens is 333 g/mol. The summed E-state index contributed by atoms with van der Waals surface area (Å²) in [7, 11) is 0. The molecule has 116 valence electrons. The van der Waals surface area contributed by atoms with Crippen molar-refractivity contribution in [3.05, 3.63) is 59.4 Å². The van der Waals surface area contributed by atoms with Crippen LogP contribution < -0.4 is 5.32 Å². The molecule has 23 heavy (non-hydrogen) atoms. The zero-order valence-electron chi connectivity index (χ0n) is 12.2. The smallest absolute Gasteiger partial charge is 0.196 e. The molecular formula is C17H13Cl2N3O. The lowest BCUT2D eigenvalue weighted by atomic mass is 10.2. The fraction of sp³-hybridized carbons (Fsp3) is 0.0588. The first kappa shape index (κ1) is 15.6. The summed E-state index contributed by atoms with van der Waals surface area (Å²) in [4.78, 5) is 8.98. The van der Waals surface area contributed by atoms with Gasteiger partial charge in [0.05, 0.1) is 0 Å². The zero-order valence-corrected chi connectivity index (χ0v) is 13.8. The second-order valence-corrected chi connectivity index (χ2v) is 5.47. The molecule has 4 nitrogen and oxygen atoms in total. The van der Waals surface area contributed by atoms with Crippen LogP contribution in [0.1, 0.15) is 5.82 Å². The summed E-state index contributed by atoms with van der Waals surface area (Å²) in [6.45, 7) is 1.87. The highest BCUT2D eigenvalue weighted by molar-refractivity contribution is 6.30. The van der Waals surface area contributed by atoms with Crippen LogP contribution >= 0.6 is 24.0 Å². The molecule has 2 aromatic heterocycles. The average molecular weight is 346 g/mol. The summed E-state index contributed by atoms with van der Waals surface area (Å²) in [5, 5.41) is 4.91. The van der Waals surface area contributed by atoms with Crippen LogP contribution in [-0.2, 0) is 0 Å². The van der Waals surface area contributed by atoms with Gasteiger partial charge in [-0.25, -0.2) is 9.97 Å². The number of furan rings is 1. The highest BCUT2D eigenvalue weighted by atomic mass is 35.5. The van der Waals surface area contributed by atoms with Crippen molar-refractivity contribution in [2.24, 2.45) is 0 Å². The molecule has 2 aromatic carbocycles. The van der Waals surface area contributed by atoms with Crippen LogP contribution in [0.2, 0.25) is 5.02 Å². The monoisotopic (exact) mass is 345 g/mol. The van der Waals surface area contributed by atoms with Gasteiger partial charge < -0.3 is 9.73 Å². The molecule has 0 spiro atoms. The van der Waals surface area contributed by atoms with Crippen LogP contribution in [0, 0.1) is 6.92 Å². The lowest BCUT2D eigenvalue weighted by Gasteiger charge is -2.07. The number of anilines is 2. The number of benzene rings is 2. The van der Waals surface area contributed by atoms with Crippen molar-refractivity contribution in [3.63, 3.8) is 0 Å². The molecule has 0 unspecified atom stereocenters. The Kier molecular flexibility index (Phi) is 4.11. The van der Waals surface area contributed by atoms with E-state index in [1.807, 2.05) is 55.5 Å². The topological polar surface area (TPSA) is 51.0 Å². The number of rotatable bonds is 2. The Bertz CT molecular complexity index is 998. The van der Waals surface area contributed by atoms with Crippen molar-refractivity contribution in [3.8, 4) is 0 Å². The van der Waals surface area contributed by atoms with Crippen LogP contribution in [0.15, 0.2) is 52.9 Å². The van der Waals surface area contributed by atoms with E-state index in [4.69, 9.17) is 16.0 Å². The summed E-state index contributed by atoms with van der Waals surface area (Å²) in [6.07, 6.45) is 0. The molecule has 6 heteroatoms. The summed E-state index contributed by atoms with van der Waals surface area (Å²) >= 11 is 6.03. The zero-order chi connectivity index (χ0) is 15.1. The Labute approximate surface area is 143 Å². The molecule has 0 saturated heterocycles. The van der Waals surface area contributed by atoms with Gasteiger partial charge in [0.2, 0.25) is 0 Å². The second kappa shape index (κ2) is 6.07. The molecule has 1 N–H and O–H groups in total. The maximum absolute atomic E-state index is 6.03. The number of nitrogens with zero attached hydrogens (tertiary/aromatic N) is 2. The first-order chi connectivity index (χ1) is 10.7. The fourth-order valence-corrected chi connectivity index (χ4v) is 2.68. The van der Waals surface area contributed by atoms with Gasteiger partial charge >= 0.3 is 0 Å². The first-order valence-electron chi connectivity index (χ1n) is 6.89. The summed E-state index contributed by atoms with van der Waals surface area (Å²) < 4.78 is 5.92. The van der Waals surface area contributed by atoms with Gasteiger partial charge in [0.1, 0.15) is 16.9 Å². The number of halogens is 2. The Morgan fingerprint density at radius 2 is 1.87 bits per heavy atom. The predicted octanol–water partition coefficient (Wildman–Crippen LogP) is 5.50. The van der Waals surface area contributed by atoms with Crippen molar-refractivity contribution in [2.75, 3.05) is 5.32 Å². The number of fused-ring (bicyclic) bond motifs is 3. The van der Waals surface area contributed by atoms with Gasteiger partial charge in [-0.1, -0.05) is 29.8 Å². The Morgan fingerprint density at radius 3 is 2.70 bits per heavy atom. The Balaban J connectivity index is 0.00000156. The van der Waals surface area contributed by atoms with Crippen LogP contribution in [-0.4, -0.2) is 9.97 Å².